The molecule has 0 aliphatic carbocycles. The van der Waals surface area contributed by atoms with Gasteiger partial charge < -0.3 is 43.8 Å². The third-order valence-electron chi connectivity index (χ3n) is 5.94. The molecule has 1 aromatic rings. The third kappa shape index (κ3) is 7.45. The van der Waals surface area contributed by atoms with Gasteiger partial charge in [0.1, 0.15) is 0 Å². The summed E-state index contributed by atoms with van der Waals surface area (Å²) in [6.07, 6.45) is 1.77. The molecule has 7 nitrogen and oxygen atoms in total. The van der Waals surface area contributed by atoms with Crippen molar-refractivity contribution in [3.05, 3.63) is 29.3 Å². The van der Waals surface area contributed by atoms with Gasteiger partial charge in [0, 0.05) is 6.54 Å². The summed E-state index contributed by atoms with van der Waals surface area (Å²) in [5.74, 6) is -0.208. The first-order chi connectivity index (χ1) is 14.2. The molecular formula is C23H36IN3O4. The van der Waals surface area contributed by atoms with E-state index in [1.54, 1.807) is 12.1 Å². The van der Waals surface area contributed by atoms with Gasteiger partial charge in [-0.15, -0.1) is 0 Å². The first kappa shape index (κ1) is 27.4. The Morgan fingerprint density at radius 1 is 1.26 bits per heavy atom. The smallest absolute Gasteiger partial charge is 0.339 e. The Morgan fingerprint density at radius 3 is 2.58 bits per heavy atom. The number of amides is 2. The van der Waals surface area contributed by atoms with Gasteiger partial charge in [0.2, 0.25) is 5.91 Å². The molecule has 2 N–H and O–H groups in total. The number of carbonyl (C=O) groups excluding carboxylic acids is 3. The summed E-state index contributed by atoms with van der Waals surface area (Å²) in [6, 6.07) is 5.26. The first-order valence-corrected chi connectivity index (χ1v) is 10.8. The molecule has 1 fully saturated rings. The molecule has 0 saturated carbocycles. The molecular weight excluding hydrogens is 509 g/mol. The number of methoxy groups -OCH3 is 1. The van der Waals surface area contributed by atoms with Crippen molar-refractivity contribution in [2.45, 2.75) is 40.5 Å². The summed E-state index contributed by atoms with van der Waals surface area (Å²) in [7, 11) is 1.33. The van der Waals surface area contributed by atoms with E-state index >= 15 is 0 Å². The summed E-state index contributed by atoms with van der Waals surface area (Å²) in [5.41, 5.74) is 1.64. The Labute approximate surface area is 202 Å². The first-order valence-electron chi connectivity index (χ1n) is 10.8. The number of aryl methyl sites for hydroxylation is 1. The molecule has 1 aromatic carbocycles. The van der Waals surface area contributed by atoms with Crippen molar-refractivity contribution >= 4 is 23.5 Å². The zero-order valence-electron chi connectivity index (χ0n) is 19.3. The highest BCUT2D eigenvalue weighted by molar-refractivity contribution is 6.02. The minimum absolute atomic E-state index is 0. The third-order valence-corrected chi connectivity index (χ3v) is 5.94. The fourth-order valence-corrected chi connectivity index (χ4v) is 4.13. The van der Waals surface area contributed by atoms with Crippen LogP contribution in [-0.4, -0.2) is 62.1 Å². The van der Waals surface area contributed by atoms with E-state index in [9.17, 15) is 14.4 Å². The van der Waals surface area contributed by atoms with Crippen molar-refractivity contribution in [3.8, 4) is 0 Å². The molecule has 1 saturated heterocycles. The van der Waals surface area contributed by atoms with E-state index < -0.39 is 5.97 Å². The van der Waals surface area contributed by atoms with Crippen LogP contribution in [0.25, 0.3) is 0 Å². The number of piperidine rings is 1. The van der Waals surface area contributed by atoms with Crippen LogP contribution in [0.15, 0.2) is 18.2 Å². The van der Waals surface area contributed by atoms with Crippen LogP contribution >= 0.6 is 0 Å². The lowest BCUT2D eigenvalue weighted by Gasteiger charge is -2.43. The van der Waals surface area contributed by atoms with Gasteiger partial charge in [-0.05, 0) is 44.2 Å². The largest absolute Gasteiger partial charge is 1.00 e. The van der Waals surface area contributed by atoms with E-state index in [0.29, 0.717) is 34.7 Å². The highest BCUT2D eigenvalue weighted by Crippen LogP contribution is 2.25. The number of likely N-dealkylation sites (N-methyl/N-ethyl adjacent to an activating group) is 1. The van der Waals surface area contributed by atoms with Gasteiger partial charge >= 0.3 is 5.97 Å². The van der Waals surface area contributed by atoms with Crippen LogP contribution in [0.3, 0.4) is 0 Å². The molecule has 8 heteroatoms. The van der Waals surface area contributed by atoms with Crippen LogP contribution in [0.2, 0.25) is 0 Å². The number of esters is 1. The number of para-hydroxylation sites is 1. The molecule has 0 radical (unpaired) electrons. The minimum Gasteiger partial charge on any atom is -1.00 e. The second-order valence-corrected chi connectivity index (χ2v) is 8.74. The number of likely N-dealkylation sites (tertiary alicyclic amines) is 1. The Bertz CT molecular complexity index is 784. The molecule has 2 amide bonds. The number of carbonyl (C=O) groups is 3. The number of ether oxygens (including phenoxy) is 1. The molecule has 31 heavy (non-hydrogen) atoms. The number of hydrogen-bond acceptors (Lipinski definition) is 4. The average Bonchev–Trinajstić information content (AvgIpc) is 2.72. The van der Waals surface area contributed by atoms with Gasteiger partial charge in [0.25, 0.3) is 5.91 Å². The molecule has 0 spiro atoms. The van der Waals surface area contributed by atoms with Gasteiger partial charge in [-0.3, -0.25) is 9.59 Å². The van der Waals surface area contributed by atoms with E-state index in [1.165, 1.54) is 7.11 Å². The standard InChI is InChI=1S/C23H35N3O4.HI/c1-6-26(12-8-10-18(14-26)22(28)24-13-16(2)3)15-20(27)25-21-17(4)9-7-11-19(21)23(29)30-5;/h7,9,11,16,18H,6,8,10,12-15H2,1-5H3,(H-,24,25,27,28,29);1H. The monoisotopic (exact) mass is 545 g/mol. The molecule has 174 valence electrons. The number of anilines is 1. The zero-order chi connectivity index (χ0) is 22.3. The number of quaternary nitrogens is 1. The predicted molar refractivity (Wildman–Crippen MR) is 117 cm³/mol. The molecule has 0 bridgehead atoms. The van der Waals surface area contributed by atoms with Crippen molar-refractivity contribution in [3.63, 3.8) is 0 Å². The maximum absolute atomic E-state index is 13.0. The summed E-state index contributed by atoms with van der Waals surface area (Å²) in [6.45, 7) is 11.3. The van der Waals surface area contributed by atoms with Crippen molar-refractivity contribution in [1.29, 1.82) is 0 Å². The molecule has 2 atom stereocenters. The predicted octanol–water partition coefficient (Wildman–Crippen LogP) is -0.257. The molecule has 2 rings (SSSR count). The van der Waals surface area contributed by atoms with Crippen LogP contribution < -0.4 is 34.6 Å². The maximum atomic E-state index is 13.0. The number of rotatable bonds is 8. The Hall–Kier alpha value is -1.68. The number of nitrogens with one attached hydrogen (secondary N) is 2. The van der Waals surface area contributed by atoms with Gasteiger partial charge in [0.15, 0.2) is 6.54 Å². The number of benzene rings is 1. The topological polar surface area (TPSA) is 84.5 Å². The molecule has 1 aliphatic rings. The summed E-state index contributed by atoms with van der Waals surface area (Å²) < 4.78 is 5.42. The lowest BCUT2D eigenvalue weighted by atomic mass is 9.94. The van der Waals surface area contributed by atoms with Crippen molar-refractivity contribution in [2.75, 3.05) is 45.2 Å². The Morgan fingerprint density at radius 2 is 1.97 bits per heavy atom. The summed E-state index contributed by atoms with van der Waals surface area (Å²) in [4.78, 5) is 37.7. The van der Waals surface area contributed by atoms with Crippen molar-refractivity contribution in [2.24, 2.45) is 11.8 Å². The fraction of sp³-hybridized carbons (Fsp3) is 0.609. The fourth-order valence-electron chi connectivity index (χ4n) is 4.13. The van der Waals surface area contributed by atoms with Crippen molar-refractivity contribution < 1.29 is 47.6 Å². The quantitative estimate of drug-likeness (QED) is 0.268. The average molecular weight is 545 g/mol. The normalized spacial score (nSPS) is 20.5. The van der Waals surface area contributed by atoms with Crippen molar-refractivity contribution in [1.82, 2.24) is 5.32 Å². The van der Waals surface area contributed by atoms with E-state index in [4.69, 9.17) is 4.74 Å². The summed E-state index contributed by atoms with van der Waals surface area (Å²) in [5, 5.41) is 5.97. The van der Waals surface area contributed by atoms with Crippen LogP contribution in [0.1, 0.15) is 49.5 Å². The molecule has 1 aliphatic heterocycles. The highest BCUT2D eigenvalue weighted by Gasteiger charge is 2.38. The number of hydrogen-bond donors (Lipinski definition) is 2. The lowest BCUT2D eigenvalue weighted by molar-refractivity contribution is -0.925. The van der Waals surface area contributed by atoms with Crippen LogP contribution in [0.4, 0.5) is 5.69 Å². The van der Waals surface area contributed by atoms with Gasteiger partial charge in [-0.25, -0.2) is 4.79 Å². The second kappa shape index (κ2) is 12.4. The lowest BCUT2D eigenvalue weighted by Crippen LogP contribution is -3.00. The highest BCUT2D eigenvalue weighted by atomic mass is 127. The van der Waals surface area contributed by atoms with E-state index in [-0.39, 0.29) is 48.3 Å². The number of halogens is 1. The van der Waals surface area contributed by atoms with E-state index in [2.05, 4.69) is 31.4 Å². The van der Waals surface area contributed by atoms with Crippen LogP contribution in [-0.2, 0) is 14.3 Å². The second-order valence-electron chi connectivity index (χ2n) is 8.74. The zero-order valence-corrected chi connectivity index (χ0v) is 21.5. The van der Waals surface area contributed by atoms with E-state index in [1.807, 2.05) is 13.0 Å². The molecule has 2 unspecified atom stereocenters. The van der Waals surface area contributed by atoms with Gasteiger partial charge in [-0.2, -0.15) is 0 Å². The minimum atomic E-state index is -0.478. The van der Waals surface area contributed by atoms with Crippen LogP contribution in [0.5, 0.6) is 0 Å². The van der Waals surface area contributed by atoms with E-state index in [0.717, 1.165) is 31.5 Å². The van der Waals surface area contributed by atoms with Gasteiger partial charge in [-0.1, -0.05) is 26.0 Å². The Kier molecular flexibility index (Phi) is 10.9. The maximum Gasteiger partial charge on any atom is 0.339 e. The SMILES string of the molecule is CC[N+]1(CC(=O)Nc2c(C)cccc2C(=O)OC)CCCC(C(=O)NCC(C)C)C1.[I-]. The van der Waals surface area contributed by atoms with Gasteiger partial charge in [0.05, 0.1) is 43.9 Å². The molecule has 1 heterocycles. The summed E-state index contributed by atoms with van der Waals surface area (Å²) >= 11 is 0. The van der Waals surface area contributed by atoms with Crippen LogP contribution in [0, 0.1) is 18.8 Å². The Balaban J connectivity index is 0.00000480. The number of nitrogens with zero attached hydrogens (tertiary/aromatic N) is 1. The molecule has 0 aromatic heterocycles.